The first-order valence-electron chi connectivity index (χ1n) is 7.64. The van der Waals surface area contributed by atoms with Gasteiger partial charge in [-0.05, 0) is 18.6 Å². The Kier molecular flexibility index (Phi) is 4.24. The molecule has 2 aromatic carbocycles. The number of rotatable bonds is 4. The van der Waals surface area contributed by atoms with Crippen molar-refractivity contribution in [2.24, 2.45) is 0 Å². The smallest absolute Gasteiger partial charge is 0.255 e. The Morgan fingerprint density at radius 2 is 1.74 bits per heavy atom. The van der Waals surface area contributed by atoms with Crippen LogP contribution in [0.3, 0.4) is 0 Å². The lowest BCUT2D eigenvalue weighted by atomic mass is 10.1. The molecule has 1 aromatic heterocycles. The van der Waals surface area contributed by atoms with Gasteiger partial charge in [-0.3, -0.25) is 9.59 Å². The monoisotopic (exact) mass is 306 g/mol. The molecule has 1 amide bonds. The number of nitrogens with zero attached hydrogens (tertiary/aromatic N) is 1. The third-order valence-corrected chi connectivity index (χ3v) is 3.87. The highest BCUT2D eigenvalue weighted by molar-refractivity contribution is 6.05. The first kappa shape index (κ1) is 15.0. The van der Waals surface area contributed by atoms with Crippen molar-refractivity contribution in [2.45, 2.75) is 13.5 Å². The number of aromatic nitrogens is 1. The van der Waals surface area contributed by atoms with Gasteiger partial charge in [-0.1, -0.05) is 48.5 Å². The van der Waals surface area contributed by atoms with E-state index in [0.29, 0.717) is 24.2 Å². The molecule has 0 aliphatic carbocycles. The lowest BCUT2D eigenvalue weighted by molar-refractivity contribution is 0.0754. The molecule has 23 heavy (non-hydrogen) atoms. The largest absolute Gasteiger partial charge is 0.335 e. The van der Waals surface area contributed by atoms with Crippen molar-refractivity contribution < 1.29 is 4.79 Å². The van der Waals surface area contributed by atoms with Gasteiger partial charge in [0.2, 0.25) is 5.56 Å². The zero-order valence-corrected chi connectivity index (χ0v) is 13.0. The SMILES string of the molecule is CCN(Cc1ccccc1)C(=O)c1cc(=O)[nH]c2ccccc12. The average molecular weight is 306 g/mol. The molecule has 1 N–H and O–H groups in total. The van der Waals surface area contributed by atoms with Gasteiger partial charge in [0, 0.05) is 30.1 Å². The topological polar surface area (TPSA) is 53.2 Å². The fourth-order valence-electron chi connectivity index (χ4n) is 2.68. The second kappa shape index (κ2) is 6.48. The normalized spacial score (nSPS) is 10.7. The number of aromatic amines is 1. The molecule has 116 valence electrons. The minimum atomic E-state index is -0.261. The van der Waals surface area contributed by atoms with E-state index in [1.807, 2.05) is 55.5 Å². The van der Waals surface area contributed by atoms with Crippen molar-refractivity contribution >= 4 is 16.8 Å². The van der Waals surface area contributed by atoms with Gasteiger partial charge in [0.15, 0.2) is 0 Å². The molecule has 4 nitrogen and oxygen atoms in total. The number of para-hydroxylation sites is 1. The number of benzene rings is 2. The van der Waals surface area contributed by atoms with E-state index in [-0.39, 0.29) is 11.5 Å². The van der Waals surface area contributed by atoms with Crippen LogP contribution in [-0.2, 0) is 6.54 Å². The van der Waals surface area contributed by atoms with Crippen molar-refractivity contribution in [1.29, 1.82) is 0 Å². The summed E-state index contributed by atoms with van der Waals surface area (Å²) in [5.74, 6) is -0.126. The standard InChI is InChI=1S/C19H18N2O2/c1-2-21(13-14-8-4-3-5-9-14)19(23)16-12-18(22)20-17-11-7-6-10-15(16)17/h3-12H,2,13H2,1H3,(H,20,22). The zero-order valence-electron chi connectivity index (χ0n) is 13.0. The van der Waals surface area contributed by atoms with Crippen molar-refractivity contribution in [2.75, 3.05) is 6.54 Å². The molecule has 1 heterocycles. The van der Waals surface area contributed by atoms with Crippen LogP contribution in [0.4, 0.5) is 0 Å². The summed E-state index contributed by atoms with van der Waals surface area (Å²) in [6.07, 6.45) is 0. The molecule has 0 spiro atoms. The van der Waals surface area contributed by atoms with Crippen LogP contribution in [0.1, 0.15) is 22.8 Å². The lowest BCUT2D eigenvalue weighted by Gasteiger charge is -2.21. The maximum Gasteiger partial charge on any atom is 0.255 e. The van der Waals surface area contributed by atoms with Crippen molar-refractivity contribution in [3.63, 3.8) is 0 Å². The second-order valence-electron chi connectivity index (χ2n) is 5.40. The average Bonchev–Trinajstić information content (AvgIpc) is 2.59. The summed E-state index contributed by atoms with van der Waals surface area (Å²) < 4.78 is 0. The summed E-state index contributed by atoms with van der Waals surface area (Å²) in [6, 6.07) is 18.6. The van der Waals surface area contributed by atoms with Gasteiger partial charge >= 0.3 is 0 Å². The molecule has 0 aliphatic rings. The molecule has 3 aromatic rings. The first-order chi connectivity index (χ1) is 11.2. The quantitative estimate of drug-likeness (QED) is 0.805. The number of hydrogen-bond acceptors (Lipinski definition) is 2. The van der Waals surface area contributed by atoms with Crippen LogP contribution >= 0.6 is 0 Å². The van der Waals surface area contributed by atoms with Gasteiger partial charge in [0.1, 0.15) is 0 Å². The van der Waals surface area contributed by atoms with Crippen LogP contribution < -0.4 is 5.56 Å². The number of carbonyl (C=O) groups excluding carboxylic acids is 1. The van der Waals surface area contributed by atoms with E-state index in [1.165, 1.54) is 6.07 Å². The minimum absolute atomic E-state index is 0.126. The Morgan fingerprint density at radius 1 is 1.04 bits per heavy atom. The van der Waals surface area contributed by atoms with Crippen LogP contribution in [0, 0.1) is 0 Å². The number of H-pyrrole nitrogens is 1. The van der Waals surface area contributed by atoms with E-state index >= 15 is 0 Å². The minimum Gasteiger partial charge on any atom is -0.335 e. The Balaban J connectivity index is 2.00. The third-order valence-electron chi connectivity index (χ3n) is 3.87. The van der Waals surface area contributed by atoms with Gasteiger partial charge in [-0.2, -0.15) is 0 Å². The van der Waals surface area contributed by atoms with Crippen LogP contribution in [0.5, 0.6) is 0 Å². The molecule has 0 bridgehead atoms. The highest BCUT2D eigenvalue weighted by atomic mass is 16.2. The fourth-order valence-corrected chi connectivity index (χ4v) is 2.68. The Hall–Kier alpha value is -2.88. The van der Waals surface area contributed by atoms with Gasteiger partial charge in [-0.25, -0.2) is 0 Å². The number of fused-ring (bicyclic) bond motifs is 1. The molecule has 4 heteroatoms. The van der Waals surface area contributed by atoms with Crippen LogP contribution in [0.15, 0.2) is 65.5 Å². The summed E-state index contributed by atoms with van der Waals surface area (Å²) in [4.78, 5) is 29.3. The van der Waals surface area contributed by atoms with Crippen LogP contribution in [0.25, 0.3) is 10.9 Å². The van der Waals surface area contributed by atoms with E-state index in [9.17, 15) is 9.59 Å². The fraction of sp³-hybridized carbons (Fsp3) is 0.158. The number of pyridine rings is 1. The van der Waals surface area contributed by atoms with Crippen molar-refractivity contribution in [3.8, 4) is 0 Å². The lowest BCUT2D eigenvalue weighted by Crippen LogP contribution is -2.31. The summed E-state index contributed by atoms with van der Waals surface area (Å²) in [6.45, 7) is 3.04. The summed E-state index contributed by atoms with van der Waals surface area (Å²) in [5.41, 5.74) is 1.93. The number of nitrogens with one attached hydrogen (secondary N) is 1. The van der Waals surface area contributed by atoms with Crippen LogP contribution in [-0.4, -0.2) is 22.3 Å². The van der Waals surface area contributed by atoms with E-state index in [1.54, 1.807) is 11.0 Å². The maximum absolute atomic E-state index is 12.9. The maximum atomic E-state index is 12.9. The number of hydrogen-bond donors (Lipinski definition) is 1. The predicted molar refractivity (Wildman–Crippen MR) is 91.4 cm³/mol. The van der Waals surface area contributed by atoms with E-state index in [4.69, 9.17) is 0 Å². The van der Waals surface area contributed by atoms with Gasteiger partial charge in [0.05, 0.1) is 5.56 Å². The summed E-state index contributed by atoms with van der Waals surface area (Å²) in [5, 5.41) is 0.767. The molecular formula is C19H18N2O2. The Morgan fingerprint density at radius 3 is 2.48 bits per heavy atom. The molecule has 0 unspecified atom stereocenters. The summed E-state index contributed by atoms with van der Waals surface area (Å²) >= 11 is 0. The molecule has 0 saturated carbocycles. The molecule has 0 saturated heterocycles. The zero-order chi connectivity index (χ0) is 16.2. The third kappa shape index (κ3) is 3.16. The van der Waals surface area contributed by atoms with Crippen molar-refractivity contribution in [1.82, 2.24) is 9.88 Å². The van der Waals surface area contributed by atoms with Crippen molar-refractivity contribution in [3.05, 3.63) is 82.1 Å². The van der Waals surface area contributed by atoms with Gasteiger partial charge in [0.25, 0.3) is 5.91 Å². The van der Waals surface area contributed by atoms with Crippen LogP contribution in [0.2, 0.25) is 0 Å². The summed E-state index contributed by atoms with van der Waals surface area (Å²) in [7, 11) is 0. The second-order valence-corrected chi connectivity index (χ2v) is 5.40. The molecule has 0 aliphatic heterocycles. The Labute approximate surface area is 134 Å². The number of amides is 1. The molecule has 0 fully saturated rings. The highest BCUT2D eigenvalue weighted by Gasteiger charge is 2.18. The van der Waals surface area contributed by atoms with Gasteiger partial charge in [-0.15, -0.1) is 0 Å². The predicted octanol–water partition coefficient (Wildman–Crippen LogP) is 3.19. The van der Waals surface area contributed by atoms with E-state index < -0.39 is 0 Å². The number of carbonyl (C=O) groups is 1. The van der Waals surface area contributed by atoms with E-state index in [0.717, 1.165) is 10.9 Å². The first-order valence-corrected chi connectivity index (χ1v) is 7.64. The highest BCUT2D eigenvalue weighted by Crippen LogP contribution is 2.17. The molecule has 3 rings (SSSR count). The van der Waals surface area contributed by atoms with Gasteiger partial charge < -0.3 is 9.88 Å². The Bertz CT molecular complexity index is 885. The van der Waals surface area contributed by atoms with E-state index in [2.05, 4.69) is 4.98 Å². The molecule has 0 atom stereocenters. The molecular weight excluding hydrogens is 288 g/mol. The molecule has 0 radical (unpaired) electrons.